The second kappa shape index (κ2) is 2.21. The van der Waals surface area contributed by atoms with Crippen LogP contribution >= 0.6 is 0 Å². The summed E-state index contributed by atoms with van der Waals surface area (Å²) in [5.41, 5.74) is 0. The average molecular weight is 140 g/mol. The highest BCUT2D eigenvalue weighted by Gasteiger charge is 2.39. The van der Waals surface area contributed by atoms with E-state index >= 15 is 0 Å². The Balaban J connectivity index is 2.02. The van der Waals surface area contributed by atoms with Crippen molar-refractivity contribution in [3.8, 4) is 0 Å². The summed E-state index contributed by atoms with van der Waals surface area (Å²) in [6.45, 7) is 1.26. The van der Waals surface area contributed by atoms with E-state index in [2.05, 4.69) is 24.3 Å². The zero-order chi connectivity index (χ0) is 7.14. The van der Waals surface area contributed by atoms with Crippen molar-refractivity contribution in [2.24, 2.45) is 5.92 Å². The van der Waals surface area contributed by atoms with Crippen molar-refractivity contribution in [3.63, 3.8) is 0 Å². The second-order valence-electron chi connectivity index (χ2n) is 3.87. The summed E-state index contributed by atoms with van der Waals surface area (Å²) in [5, 5.41) is 3.51. The van der Waals surface area contributed by atoms with Gasteiger partial charge in [0, 0.05) is 12.1 Å². The average Bonchev–Trinajstić information content (AvgIpc) is 2.44. The van der Waals surface area contributed by atoms with E-state index in [4.69, 9.17) is 0 Å². The van der Waals surface area contributed by atoms with Crippen molar-refractivity contribution in [3.05, 3.63) is 0 Å². The van der Waals surface area contributed by atoms with Crippen molar-refractivity contribution in [2.45, 2.75) is 24.9 Å². The molecule has 0 aromatic carbocycles. The molecule has 1 saturated heterocycles. The fourth-order valence-electron chi connectivity index (χ4n) is 2.44. The van der Waals surface area contributed by atoms with Crippen LogP contribution in [-0.2, 0) is 0 Å². The third-order valence-electron chi connectivity index (χ3n) is 2.99. The molecule has 10 heavy (non-hydrogen) atoms. The predicted molar refractivity (Wildman–Crippen MR) is 42.0 cm³/mol. The largest absolute Gasteiger partial charge is 0.314 e. The minimum absolute atomic E-state index is 0.845. The molecule has 0 aromatic heterocycles. The Kier molecular flexibility index (Phi) is 1.46. The van der Waals surface area contributed by atoms with E-state index in [9.17, 15) is 0 Å². The van der Waals surface area contributed by atoms with Crippen LogP contribution in [0, 0.1) is 5.92 Å². The lowest BCUT2D eigenvalue weighted by Crippen LogP contribution is -2.40. The normalized spacial score (nSPS) is 45.3. The molecule has 2 rings (SSSR count). The lowest BCUT2D eigenvalue weighted by Gasteiger charge is -2.28. The first kappa shape index (κ1) is 6.62. The van der Waals surface area contributed by atoms with Gasteiger partial charge in [-0.25, -0.2) is 0 Å². The molecule has 2 nitrogen and oxygen atoms in total. The van der Waals surface area contributed by atoms with Crippen LogP contribution in [0.5, 0.6) is 0 Å². The summed E-state index contributed by atoms with van der Waals surface area (Å²) >= 11 is 0. The third kappa shape index (κ3) is 0.867. The van der Waals surface area contributed by atoms with E-state index in [-0.39, 0.29) is 0 Å². The third-order valence-corrected chi connectivity index (χ3v) is 2.99. The van der Waals surface area contributed by atoms with Crippen LogP contribution in [0.1, 0.15) is 12.8 Å². The van der Waals surface area contributed by atoms with Gasteiger partial charge in [0.15, 0.2) is 0 Å². The number of nitrogens with one attached hydrogen (secondary N) is 1. The highest BCUT2D eigenvalue weighted by molar-refractivity contribution is 4.98. The Morgan fingerprint density at radius 2 is 2.10 bits per heavy atom. The number of rotatable bonds is 1. The van der Waals surface area contributed by atoms with Crippen molar-refractivity contribution < 1.29 is 0 Å². The number of hydrogen-bond donors (Lipinski definition) is 1. The second-order valence-corrected chi connectivity index (χ2v) is 3.87. The van der Waals surface area contributed by atoms with Gasteiger partial charge in [0.2, 0.25) is 0 Å². The van der Waals surface area contributed by atoms with E-state index in [1.165, 1.54) is 19.4 Å². The van der Waals surface area contributed by atoms with Gasteiger partial charge in [0.05, 0.1) is 0 Å². The van der Waals surface area contributed by atoms with Crippen LogP contribution in [0.3, 0.4) is 0 Å². The Morgan fingerprint density at radius 1 is 1.30 bits per heavy atom. The Hall–Kier alpha value is -0.0800. The van der Waals surface area contributed by atoms with Crippen molar-refractivity contribution in [2.75, 3.05) is 20.6 Å². The predicted octanol–water partition coefficient (Wildman–Crippen LogP) is 0.298. The first-order valence-corrected chi connectivity index (χ1v) is 4.17. The molecule has 3 atom stereocenters. The molecule has 1 aliphatic heterocycles. The minimum Gasteiger partial charge on any atom is -0.314 e. The van der Waals surface area contributed by atoms with Gasteiger partial charge in [0.25, 0.3) is 0 Å². The molecular weight excluding hydrogens is 124 g/mol. The van der Waals surface area contributed by atoms with Crippen LogP contribution in [-0.4, -0.2) is 37.6 Å². The molecule has 1 N–H and O–H groups in total. The number of piperidine rings is 1. The first-order valence-electron chi connectivity index (χ1n) is 4.17. The van der Waals surface area contributed by atoms with Crippen LogP contribution in [0.25, 0.3) is 0 Å². The summed E-state index contributed by atoms with van der Waals surface area (Å²) in [7, 11) is 4.40. The summed E-state index contributed by atoms with van der Waals surface area (Å²) < 4.78 is 0. The molecule has 0 radical (unpaired) electrons. The van der Waals surface area contributed by atoms with E-state index in [0.29, 0.717) is 0 Å². The summed E-state index contributed by atoms with van der Waals surface area (Å²) in [6.07, 6.45) is 2.79. The molecule has 2 heteroatoms. The maximum absolute atomic E-state index is 3.51. The monoisotopic (exact) mass is 140 g/mol. The van der Waals surface area contributed by atoms with Gasteiger partial charge in [-0.3, -0.25) is 0 Å². The number of hydrogen-bond acceptors (Lipinski definition) is 2. The summed E-state index contributed by atoms with van der Waals surface area (Å²) in [4.78, 5) is 2.38. The van der Waals surface area contributed by atoms with E-state index < -0.39 is 0 Å². The van der Waals surface area contributed by atoms with Gasteiger partial charge in [-0.2, -0.15) is 0 Å². The lowest BCUT2D eigenvalue weighted by molar-refractivity contribution is 0.220. The van der Waals surface area contributed by atoms with Crippen LogP contribution in [0.4, 0.5) is 0 Å². The maximum atomic E-state index is 3.51. The van der Waals surface area contributed by atoms with E-state index in [0.717, 1.165) is 18.0 Å². The molecular formula is C8H16N2. The van der Waals surface area contributed by atoms with Gasteiger partial charge in [-0.1, -0.05) is 0 Å². The molecule has 0 aromatic rings. The fraction of sp³-hybridized carbons (Fsp3) is 1.00. The zero-order valence-electron chi connectivity index (χ0n) is 6.80. The highest BCUT2D eigenvalue weighted by Crippen LogP contribution is 2.33. The van der Waals surface area contributed by atoms with Gasteiger partial charge < -0.3 is 10.2 Å². The SMILES string of the molecule is CN(C)[C@H]1C[C@H]2C[C@H]1CN2. The van der Waals surface area contributed by atoms with Crippen LogP contribution < -0.4 is 5.32 Å². The van der Waals surface area contributed by atoms with Gasteiger partial charge in [-0.15, -0.1) is 0 Å². The van der Waals surface area contributed by atoms with Crippen LogP contribution in [0.2, 0.25) is 0 Å². The minimum atomic E-state index is 0.845. The van der Waals surface area contributed by atoms with Gasteiger partial charge in [-0.05, 0) is 39.4 Å². The molecule has 0 amide bonds. The van der Waals surface area contributed by atoms with Crippen LogP contribution in [0.15, 0.2) is 0 Å². The molecule has 1 aliphatic carbocycles. The Labute approximate surface area is 62.6 Å². The summed E-state index contributed by atoms with van der Waals surface area (Å²) in [5.74, 6) is 0.944. The van der Waals surface area contributed by atoms with Crippen molar-refractivity contribution in [1.82, 2.24) is 10.2 Å². The Morgan fingerprint density at radius 3 is 2.40 bits per heavy atom. The molecule has 2 bridgehead atoms. The van der Waals surface area contributed by atoms with E-state index in [1.807, 2.05) is 0 Å². The van der Waals surface area contributed by atoms with Gasteiger partial charge >= 0.3 is 0 Å². The molecule has 0 spiro atoms. The number of nitrogens with zero attached hydrogens (tertiary/aromatic N) is 1. The molecule has 1 heterocycles. The quantitative estimate of drug-likeness (QED) is 0.563. The molecule has 0 unspecified atom stereocenters. The van der Waals surface area contributed by atoms with E-state index in [1.54, 1.807) is 0 Å². The summed E-state index contributed by atoms with van der Waals surface area (Å²) in [6, 6.07) is 1.71. The maximum Gasteiger partial charge on any atom is 0.0145 e. The first-order chi connectivity index (χ1) is 4.77. The van der Waals surface area contributed by atoms with Crippen molar-refractivity contribution in [1.29, 1.82) is 0 Å². The molecule has 2 aliphatic rings. The van der Waals surface area contributed by atoms with Crippen molar-refractivity contribution >= 4 is 0 Å². The highest BCUT2D eigenvalue weighted by atomic mass is 15.1. The lowest BCUT2D eigenvalue weighted by atomic mass is 10.0. The smallest absolute Gasteiger partial charge is 0.0145 e. The standard InChI is InChI=1S/C8H16N2/c1-10(2)8-4-7-3-6(8)5-9-7/h6-9H,3-5H2,1-2H3/t6-,7+,8-/m0/s1. The molecule has 2 fully saturated rings. The fourth-order valence-corrected chi connectivity index (χ4v) is 2.44. The number of fused-ring (bicyclic) bond motifs is 2. The Bertz CT molecular complexity index is 133. The van der Waals surface area contributed by atoms with Gasteiger partial charge in [0.1, 0.15) is 0 Å². The molecule has 58 valence electrons. The molecule has 1 saturated carbocycles. The zero-order valence-corrected chi connectivity index (χ0v) is 6.80. The topological polar surface area (TPSA) is 15.3 Å².